The summed E-state index contributed by atoms with van der Waals surface area (Å²) in [6.07, 6.45) is 4.01. The largest absolute Gasteiger partial charge is 0.478 e. The van der Waals surface area contributed by atoms with Crippen molar-refractivity contribution < 1.29 is 32.7 Å². The lowest BCUT2D eigenvalue weighted by Gasteiger charge is -2.57. The standard InChI is InChI=1S/C31H36F3NO4/c1-29-14-12-19(28(38)39)17-20(29)8-9-21-22-10-11-24(30(22,2)15-13-23(21)29)27(37)35-25(26(36)31(32,33)34)16-18-6-4-3-5-7-18/h3-8,17,21-25H,9-16H2,1-2H3,(H,35,37)(H,38,39)/t21-,22-,23-,24?,25?,29-,30-/m0/s1. The van der Waals surface area contributed by atoms with Gasteiger partial charge in [-0.25, -0.2) is 4.79 Å². The summed E-state index contributed by atoms with van der Waals surface area (Å²) >= 11 is 0. The monoisotopic (exact) mass is 543 g/mol. The highest BCUT2D eigenvalue weighted by Gasteiger charge is 2.60. The quantitative estimate of drug-likeness (QED) is 0.458. The Morgan fingerprint density at radius 2 is 1.77 bits per heavy atom. The smallest absolute Gasteiger partial charge is 0.452 e. The zero-order valence-electron chi connectivity index (χ0n) is 22.4. The van der Waals surface area contributed by atoms with E-state index in [1.165, 1.54) is 0 Å². The molecular formula is C31H36F3NO4. The minimum Gasteiger partial charge on any atom is -0.478 e. The number of carbonyl (C=O) groups is 3. The number of carbonyl (C=O) groups excluding carboxylic acids is 2. The summed E-state index contributed by atoms with van der Waals surface area (Å²) in [6.45, 7) is 4.34. The summed E-state index contributed by atoms with van der Waals surface area (Å²) in [4.78, 5) is 37.5. The molecule has 2 saturated carbocycles. The van der Waals surface area contributed by atoms with Gasteiger partial charge >= 0.3 is 12.1 Å². The maximum absolute atomic E-state index is 13.6. The number of hydrogen-bond donors (Lipinski definition) is 2. The SMILES string of the molecule is C[C@]12CCC(C(=O)O)=CC1=CC[C@@H]1[C@@H]2CC[C@]2(C)C(C(=O)NC(Cc3ccccc3)C(=O)C(F)(F)F)CC[C@@H]12. The minimum atomic E-state index is -5.04. The van der Waals surface area contributed by atoms with Crippen LogP contribution in [-0.2, 0) is 20.8 Å². The summed E-state index contributed by atoms with van der Waals surface area (Å²) in [5, 5.41) is 12.0. The first kappa shape index (κ1) is 27.7. The third kappa shape index (κ3) is 4.84. The van der Waals surface area contributed by atoms with E-state index in [0.29, 0.717) is 35.8 Å². The van der Waals surface area contributed by atoms with Crippen molar-refractivity contribution in [2.24, 2.45) is 34.5 Å². The Kier molecular flexibility index (Phi) is 7.04. The third-order valence-corrected chi connectivity index (χ3v) is 10.6. The normalized spacial score (nSPS) is 34.5. The maximum atomic E-state index is 13.6. The van der Waals surface area contributed by atoms with Crippen molar-refractivity contribution in [3.63, 3.8) is 0 Å². The predicted octanol–water partition coefficient (Wildman–Crippen LogP) is 6.05. The number of benzene rings is 1. The van der Waals surface area contributed by atoms with E-state index < -0.39 is 35.8 Å². The molecule has 0 aromatic heterocycles. The van der Waals surface area contributed by atoms with Gasteiger partial charge in [0, 0.05) is 17.9 Å². The van der Waals surface area contributed by atoms with Crippen LogP contribution in [0.2, 0.25) is 0 Å². The van der Waals surface area contributed by atoms with E-state index in [9.17, 15) is 32.7 Å². The summed E-state index contributed by atoms with van der Waals surface area (Å²) in [6, 6.07) is 6.79. The van der Waals surface area contributed by atoms with E-state index in [1.807, 2.05) is 6.08 Å². The lowest BCUT2D eigenvalue weighted by Crippen LogP contribution is -2.54. The minimum absolute atomic E-state index is 0.108. The van der Waals surface area contributed by atoms with E-state index in [2.05, 4.69) is 25.2 Å². The topological polar surface area (TPSA) is 83.5 Å². The van der Waals surface area contributed by atoms with Crippen molar-refractivity contribution >= 4 is 17.7 Å². The zero-order valence-corrected chi connectivity index (χ0v) is 22.4. The van der Waals surface area contributed by atoms with E-state index >= 15 is 0 Å². The van der Waals surface area contributed by atoms with Crippen LogP contribution in [0.4, 0.5) is 13.2 Å². The van der Waals surface area contributed by atoms with Gasteiger partial charge in [0.15, 0.2) is 0 Å². The Balaban J connectivity index is 1.35. The van der Waals surface area contributed by atoms with Gasteiger partial charge in [0.2, 0.25) is 5.91 Å². The Hall–Kier alpha value is -2.90. The van der Waals surface area contributed by atoms with E-state index in [4.69, 9.17) is 0 Å². The van der Waals surface area contributed by atoms with Gasteiger partial charge in [0.1, 0.15) is 6.04 Å². The molecule has 0 bridgehead atoms. The Labute approximate surface area is 226 Å². The van der Waals surface area contributed by atoms with Gasteiger partial charge < -0.3 is 10.4 Å². The number of hydrogen-bond acceptors (Lipinski definition) is 3. The Bertz CT molecular complexity index is 1220. The number of nitrogens with one attached hydrogen (secondary N) is 1. The lowest BCUT2D eigenvalue weighted by molar-refractivity contribution is -0.174. The number of fused-ring (bicyclic) bond motifs is 5. The van der Waals surface area contributed by atoms with Crippen LogP contribution in [0.5, 0.6) is 0 Å². The van der Waals surface area contributed by atoms with Gasteiger partial charge in [-0.15, -0.1) is 0 Å². The number of aliphatic carboxylic acids is 1. The second-order valence-corrected chi connectivity index (χ2v) is 12.5. The van der Waals surface area contributed by atoms with Crippen LogP contribution in [0.15, 0.2) is 53.6 Å². The van der Waals surface area contributed by atoms with Crippen LogP contribution >= 0.6 is 0 Å². The second-order valence-electron chi connectivity index (χ2n) is 12.5. The fourth-order valence-electron chi connectivity index (χ4n) is 8.45. The fourth-order valence-corrected chi connectivity index (χ4v) is 8.45. The molecule has 1 aromatic carbocycles. The highest BCUT2D eigenvalue weighted by Crippen LogP contribution is 2.66. The summed E-state index contributed by atoms with van der Waals surface area (Å²) in [5.74, 6) is -2.73. The molecule has 1 aromatic rings. The zero-order chi connectivity index (χ0) is 28.2. The first-order valence-corrected chi connectivity index (χ1v) is 13.9. The van der Waals surface area contributed by atoms with Gasteiger partial charge in [0.25, 0.3) is 5.78 Å². The number of alkyl halides is 3. The summed E-state index contributed by atoms with van der Waals surface area (Å²) < 4.78 is 40.4. The molecule has 1 amide bonds. The first-order chi connectivity index (χ1) is 18.3. The van der Waals surface area contributed by atoms with Crippen molar-refractivity contribution in [2.75, 3.05) is 0 Å². The van der Waals surface area contributed by atoms with Crippen LogP contribution in [0, 0.1) is 34.5 Å². The number of halogens is 3. The summed E-state index contributed by atoms with van der Waals surface area (Å²) in [5.41, 5.74) is 1.65. The van der Waals surface area contributed by atoms with E-state index in [0.717, 1.165) is 37.7 Å². The number of Topliss-reactive ketones (excluding diaryl/α,β-unsaturated/α-hetero) is 1. The molecule has 0 aliphatic heterocycles. The molecule has 0 radical (unpaired) electrons. The number of carboxylic acids is 1. The molecule has 7 atom stereocenters. The molecular weight excluding hydrogens is 507 g/mol. The van der Waals surface area contributed by atoms with Crippen LogP contribution in [0.3, 0.4) is 0 Å². The average molecular weight is 544 g/mol. The first-order valence-electron chi connectivity index (χ1n) is 13.9. The Morgan fingerprint density at radius 1 is 1.05 bits per heavy atom. The highest BCUT2D eigenvalue weighted by atomic mass is 19.4. The molecule has 0 heterocycles. The van der Waals surface area contributed by atoms with E-state index in [1.54, 1.807) is 30.3 Å². The lowest BCUT2D eigenvalue weighted by atomic mass is 9.48. The van der Waals surface area contributed by atoms with Gasteiger partial charge in [-0.1, -0.05) is 50.3 Å². The molecule has 4 aliphatic rings. The molecule has 5 nitrogen and oxygen atoms in total. The molecule has 0 saturated heterocycles. The molecule has 8 heteroatoms. The molecule has 2 unspecified atom stereocenters. The summed E-state index contributed by atoms with van der Waals surface area (Å²) in [7, 11) is 0. The van der Waals surface area contributed by atoms with Gasteiger partial charge in [-0.3, -0.25) is 9.59 Å². The molecule has 2 fully saturated rings. The van der Waals surface area contributed by atoms with Crippen molar-refractivity contribution in [1.29, 1.82) is 0 Å². The Morgan fingerprint density at radius 3 is 2.44 bits per heavy atom. The van der Waals surface area contributed by atoms with Crippen molar-refractivity contribution in [1.82, 2.24) is 5.32 Å². The molecule has 39 heavy (non-hydrogen) atoms. The molecule has 2 N–H and O–H groups in total. The fraction of sp³-hybridized carbons (Fsp3) is 0.581. The van der Waals surface area contributed by atoms with Crippen LogP contribution in [0.25, 0.3) is 0 Å². The van der Waals surface area contributed by atoms with Gasteiger partial charge in [0.05, 0.1) is 0 Å². The number of ketones is 1. The molecule has 4 aliphatic carbocycles. The molecule has 0 spiro atoms. The van der Waals surface area contributed by atoms with Gasteiger partial charge in [-0.05, 0) is 90.7 Å². The van der Waals surface area contributed by atoms with Crippen LogP contribution in [-0.4, -0.2) is 35.0 Å². The number of rotatable bonds is 6. The van der Waals surface area contributed by atoms with Crippen molar-refractivity contribution in [3.05, 3.63) is 59.2 Å². The maximum Gasteiger partial charge on any atom is 0.452 e. The predicted molar refractivity (Wildman–Crippen MR) is 139 cm³/mol. The molecule has 5 rings (SSSR count). The van der Waals surface area contributed by atoms with Crippen molar-refractivity contribution in [3.8, 4) is 0 Å². The average Bonchev–Trinajstić information content (AvgIpc) is 3.24. The number of amides is 1. The van der Waals surface area contributed by atoms with Gasteiger partial charge in [-0.2, -0.15) is 13.2 Å². The number of allylic oxidation sites excluding steroid dienone is 3. The number of carboxylic acid groups (broad SMARTS) is 1. The highest BCUT2D eigenvalue weighted by molar-refractivity contribution is 5.93. The van der Waals surface area contributed by atoms with Crippen LogP contribution in [0.1, 0.15) is 64.4 Å². The third-order valence-electron chi connectivity index (χ3n) is 10.6. The van der Waals surface area contributed by atoms with E-state index in [-0.39, 0.29) is 23.2 Å². The van der Waals surface area contributed by atoms with Crippen LogP contribution < -0.4 is 5.32 Å². The van der Waals surface area contributed by atoms with Crippen molar-refractivity contribution in [2.45, 2.75) is 77.4 Å². The molecule has 210 valence electrons. The second kappa shape index (κ2) is 9.93.